The van der Waals surface area contributed by atoms with E-state index in [9.17, 15) is 9.59 Å². The molecule has 1 aliphatic carbocycles. The number of nitrogens with one attached hydrogen (secondary N) is 1. The number of carbonyl (C=O) groups is 2. The van der Waals surface area contributed by atoms with Gasteiger partial charge in [-0.15, -0.1) is 0 Å². The van der Waals surface area contributed by atoms with Crippen molar-refractivity contribution < 1.29 is 14.3 Å². The lowest BCUT2D eigenvalue weighted by Gasteiger charge is -2.27. The first kappa shape index (κ1) is 22.1. The molecule has 2 aromatic carbocycles. The Morgan fingerprint density at radius 3 is 2.64 bits per heavy atom. The highest BCUT2D eigenvalue weighted by Crippen LogP contribution is 2.32. The number of Topliss-reactive ketones (excluding diaryl/α,β-unsaturated/α-hetero) is 1. The van der Waals surface area contributed by atoms with E-state index in [0.29, 0.717) is 18.6 Å². The van der Waals surface area contributed by atoms with Crippen molar-refractivity contribution in [1.82, 2.24) is 4.90 Å². The van der Waals surface area contributed by atoms with Gasteiger partial charge in [-0.2, -0.15) is 0 Å². The standard InChI is InChI=1S/C27H33N3O3/c1-19-14-23(31)16-21-5-6-22(17-24(19)21)28-27(32)25-15-20(18-29-10-12-33-13-11-29)4-7-26(25)30-8-2-3-9-30/h4-7,15,17,19H,2-3,8-14,16,18H2,1H3,(H,28,32). The second kappa shape index (κ2) is 9.65. The minimum Gasteiger partial charge on any atom is -0.379 e. The van der Waals surface area contributed by atoms with E-state index >= 15 is 0 Å². The average molecular weight is 448 g/mol. The molecule has 0 saturated carbocycles. The van der Waals surface area contributed by atoms with Gasteiger partial charge in [0.25, 0.3) is 5.91 Å². The smallest absolute Gasteiger partial charge is 0.257 e. The Morgan fingerprint density at radius 2 is 1.85 bits per heavy atom. The van der Waals surface area contributed by atoms with E-state index < -0.39 is 0 Å². The SMILES string of the molecule is CC1CC(=O)Cc2ccc(NC(=O)c3cc(CN4CCOCC4)ccc3N3CCCC3)cc21. The Bertz CT molecular complexity index is 1040. The molecule has 2 saturated heterocycles. The number of rotatable bonds is 5. The molecule has 1 N–H and O–H groups in total. The average Bonchev–Trinajstić information content (AvgIpc) is 3.35. The zero-order valence-corrected chi connectivity index (χ0v) is 19.4. The Labute approximate surface area is 195 Å². The van der Waals surface area contributed by atoms with Gasteiger partial charge in [-0.3, -0.25) is 14.5 Å². The number of benzene rings is 2. The van der Waals surface area contributed by atoms with Crippen LogP contribution in [0.1, 0.15) is 59.2 Å². The summed E-state index contributed by atoms with van der Waals surface area (Å²) in [5.74, 6) is 0.412. The second-order valence-electron chi connectivity index (χ2n) is 9.62. The van der Waals surface area contributed by atoms with Gasteiger partial charge in [0.15, 0.2) is 0 Å². The third kappa shape index (κ3) is 4.97. The third-order valence-electron chi connectivity index (χ3n) is 7.12. The van der Waals surface area contributed by atoms with Crippen LogP contribution >= 0.6 is 0 Å². The van der Waals surface area contributed by atoms with Crippen LogP contribution in [0.15, 0.2) is 36.4 Å². The van der Waals surface area contributed by atoms with E-state index in [-0.39, 0.29) is 11.8 Å². The topological polar surface area (TPSA) is 61.9 Å². The summed E-state index contributed by atoms with van der Waals surface area (Å²) in [6, 6.07) is 12.3. The molecule has 2 heterocycles. The predicted molar refractivity (Wildman–Crippen MR) is 130 cm³/mol. The van der Waals surface area contributed by atoms with Crippen molar-refractivity contribution in [2.75, 3.05) is 49.6 Å². The van der Waals surface area contributed by atoms with Crippen LogP contribution in [-0.2, 0) is 22.5 Å². The molecule has 33 heavy (non-hydrogen) atoms. The molecule has 6 heteroatoms. The molecule has 174 valence electrons. The van der Waals surface area contributed by atoms with Gasteiger partial charge in [0.05, 0.1) is 18.8 Å². The molecule has 6 nitrogen and oxygen atoms in total. The van der Waals surface area contributed by atoms with Gasteiger partial charge in [0.2, 0.25) is 0 Å². The molecule has 1 atom stereocenters. The van der Waals surface area contributed by atoms with Crippen LogP contribution in [0.25, 0.3) is 0 Å². The summed E-state index contributed by atoms with van der Waals surface area (Å²) in [7, 11) is 0. The third-order valence-corrected chi connectivity index (χ3v) is 7.12. The van der Waals surface area contributed by atoms with E-state index in [1.807, 2.05) is 12.1 Å². The Morgan fingerprint density at radius 1 is 1.06 bits per heavy atom. The fourth-order valence-corrected chi connectivity index (χ4v) is 5.34. The molecule has 0 aromatic heterocycles. The fraction of sp³-hybridized carbons (Fsp3) is 0.481. The van der Waals surface area contributed by atoms with Crippen molar-refractivity contribution in [3.05, 3.63) is 58.7 Å². The molecular formula is C27H33N3O3. The van der Waals surface area contributed by atoms with Crippen LogP contribution in [0.5, 0.6) is 0 Å². The Balaban J connectivity index is 1.40. The maximum Gasteiger partial charge on any atom is 0.257 e. The summed E-state index contributed by atoms with van der Waals surface area (Å²) in [5.41, 5.74) is 5.97. The number of fused-ring (bicyclic) bond motifs is 1. The molecular weight excluding hydrogens is 414 g/mol. The molecule has 2 fully saturated rings. The normalized spacial score (nSPS) is 21.2. The van der Waals surface area contributed by atoms with E-state index in [0.717, 1.165) is 86.8 Å². The highest BCUT2D eigenvalue weighted by molar-refractivity contribution is 6.08. The number of anilines is 2. The van der Waals surface area contributed by atoms with Crippen LogP contribution in [0, 0.1) is 0 Å². The minimum absolute atomic E-state index is 0.0692. The van der Waals surface area contributed by atoms with Crippen molar-refractivity contribution in [1.29, 1.82) is 0 Å². The van der Waals surface area contributed by atoms with Gasteiger partial charge in [-0.25, -0.2) is 0 Å². The molecule has 2 aromatic rings. The van der Waals surface area contributed by atoms with E-state index in [1.165, 1.54) is 5.56 Å². The lowest BCUT2D eigenvalue weighted by molar-refractivity contribution is -0.119. The number of amides is 1. The molecule has 1 unspecified atom stereocenters. The number of morpholine rings is 1. The maximum absolute atomic E-state index is 13.5. The van der Waals surface area contributed by atoms with E-state index in [1.54, 1.807) is 0 Å². The van der Waals surface area contributed by atoms with Gasteiger partial charge in [-0.05, 0) is 59.7 Å². The number of carbonyl (C=O) groups excluding carboxylic acids is 2. The van der Waals surface area contributed by atoms with Crippen LogP contribution in [-0.4, -0.2) is 56.0 Å². The van der Waals surface area contributed by atoms with Crippen LogP contribution in [0.4, 0.5) is 11.4 Å². The van der Waals surface area contributed by atoms with Crippen molar-refractivity contribution in [2.24, 2.45) is 0 Å². The van der Waals surface area contributed by atoms with E-state index in [4.69, 9.17) is 4.74 Å². The van der Waals surface area contributed by atoms with Crippen LogP contribution < -0.4 is 10.2 Å². The van der Waals surface area contributed by atoms with Crippen molar-refractivity contribution >= 4 is 23.1 Å². The van der Waals surface area contributed by atoms with Gasteiger partial charge in [0, 0.05) is 56.9 Å². The zero-order chi connectivity index (χ0) is 22.8. The molecule has 5 rings (SSSR count). The maximum atomic E-state index is 13.5. The number of ether oxygens (including phenoxy) is 1. The van der Waals surface area contributed by atoms with Gasteiger partial charge in [-0.1, -0.05) is 19.1 Å². The first-order valence-corrected chi connectivity index (χ1v) is 12.2. The lowest BCUT2D eigenvalue weighted by Crippen LogP contribution is -2.35. The van der Waals surface area contributed by atoms with Crippen LogP contribution in [0.3, 0.4) is 0 Å². The Kier molecular flexibility index (Phi) is 6.47. The summed E-state index contributed by atoms with van der Waals surface area (Å²) in [6.07, 6.45) is 3.40. The second-order valence-corrected chi connectivity index (χ2v) is 9.62. The summed E-state index contributed by atoms with van der Waals surface area (Å²) < 4.78 is 5.47. The van der Waals surface area contributed by atoms with Gasteiger partial charge < -0.3 is 15.0 Å². The fourth-order valence-electron chi connectivity index (χ4n) is 5.34. The highest BCUT2D eigenvalue weighted by atomic mass is 16.5. The minimum atomic E-state index is -0.0692. The van der Waals surface area contributed by atoms with Gasteiger partial charge in [0.1, 0.15) is 5.78 Å². The highest BCUT2D eigenvalue weighted by Gasteiger charge is 2.24. The van der Waals surface area contributed by atoms with Crippen LogP contribution in [0.2, 0.25) is 0 Å². The number of ketones is 1. The zero-order valence-electron chi connectivity index (χ0n) is 19.4. The summed E-state index contributed by atoms with van der Waals surface area (Å²) in [4.78, 5) is 30.2. The molecule has 0 bridgehead atoms. The monoisotopic (exact) mass is 447 g/mol. The van der Waals surface area contributed by atoms with E-state index in [2.05, 4.69) is 46.3 Å². The molecule has 0 radical (unpaired) electrons. The van der Waals surface area contributed by atoms with Crippen molar-refractivity contribution in [2.45, 2.75) is 45.1 Å². The summed E-state index contributed by atoms with van der Waals surface area (Å²) >= 11 is 0. The Hall–Kier alpha value is -2.70. The number of hydrogen-bond acceptors (Lipinski definition) is 5. The largest absolute Gasteiger partial charge is 0.379 e. The first-order valence-electron chi connectivity index (χ1n) is 12.2. The molecule has 3 aliphatic rings. The lowest BCUT2D eigenvalue weighted by atomic mass is 9.83. The summed E-state index contributed by atoms with van der Waals surface area (Å²) in [5, 5.41) is 3.15. The molecule has 2 aliphatic heterocycles. The van der Waals surface area contributed by atoms with Crippen molar-refractivity contribution in [3.63, 3.8) is 0 Å². The molecule has 1 amide bonds. The quantitative estimate of drug-likeness (QED) is 0.751. The first-order chi connectivity index (χ1) is 16.1. The molecule has 0 spiro atoms. The number of hydrogen-bond donors (Lipinski definition) is 1. The number of nitrogens with zero attached hydrogens (tertiary/aromatic N) is 2. The predicted octanol–water partition coefficient (Wildman–Crippen LogP) is 3.99. The summed E-state index contributed by atoms with van der Waals surface area (Å²) in [6.45, 7) is 8.27. The van der Waals surface area contributed by atoms with Crippen molar-refractivity contribution in [3.8, 4) is 0 Å². The van der Waals surface area contributed by atoms with Gasteiger partial charge >= 0.3 is 0 Å².